The van der Waals surface area contributed by atoms with E-state index in [4.69, 9.17) is 0 Å². The van der Waals surface area contributed by atoms with E-state index < -0.39 is 0 Å². The van der Waals surface area contributed by atoms with Gasteiger partial charge >= 0.3 is 0 Å². The summed E-state index contributed by atoms with van der Waals surface area (Å²) in [7, 11) is 0. The summed E-state index contributed by atoms with van der Waals surface area (Å²) in [5, 5.41) is 7.20. The van der Waals surface area contributed by atoms with E-state index in [-0.39, 0.29) is 0 Å². The maximum atomic E-state index is 4.66. The van der Waals surface area contributed by atoms with Gasteiger partial charge in [0.05, 0.1) is 5.69 Å². The fourth-order valence-corrected chi connectivity index (χ4v) is 4.61. The number of rotatable bonds is 9. The lowest BCUT2D eigenvalue weighted by molar-refractivity contribution is 0.199. The van der Waals surface area contributed by atoms with Crippen molar-refractivity contribution in [3.05, 3.63) is 65.0 Å². The molecule has 2 aliphatic rings. The molecule has 2 aliphatic heterocycles. The van der Waals surface area contributed by atoms with Crippen molar-refractivity contribution < 1.29 is 0 Å². The molecule has 2 aromatic rings. The zero-order chi connectivity index (χ0) is 20.6. The van der Waals surface area contributed by atoms with Crippen LogP contribution in [-0.2, 0) is 19.5 Å². The van der Waals surface area contributed by atoms with E-state index in [1.165, 1.54) is 54.9 Å². The summed E-state index contributed by atoms with van der Waals surface area (Å²) >= 11 is 0. The average molecular weight is 408 g/mol. The van der Waals surface area contributed by atoms with Crippen LogP contribution < -0.4 is 10.6 Å². The number of aromatic nitrogens is 1. The van der Waals surface area contributed by atoms with Crippen molar-refractivity contribution in [3.8, 4) is 0 Å². The molecule has 1 aromatic carbocycles. The summed E-state index contributed by atoms with van der Waals surface area (Å²) in [6.45, 7) is 12.2. The predicted octanol–water partition coefficient (Wildman–Crippen LogP) is 2.59. The van der Waals surface area contributed by atoms with Gasteiger partial charge in [0.25, 0.3) is 0 Å². The van der Waals surface area contributed by atoms with Crippen LogP contribution in [-0.4, -0.2) is 66.6 Å². The number of nitrogens with one attached hydrogen (secondary N) is 2. The molecule has 2 N–H and O–H groups in total. The van der Waals surface area contributed by atoms with Crippen molar-refractivity contribution in [2.75, 3.05) is 45.8 Å². The molecule has 1 aromatic heterocycles. The van der Waals surface area contributed by atoms with Crippen molar-refractivity contribution in [3.63, 3.8) is 0 Å². The Labute approximate surface area is 181 Å². The fraction of sp³-hybridized carbons (Fsp3) is 0.560. The molecule has 0 unspecified atom stereocenters. The van der Waals surface area contributed by atoms with Crippen LogP contribution >= 0.6 is 0 Å². The third-order valence-electron chi connectivity index (χ3n) is 6.48. The minimum absolute atomic E-state index is 0.571. The van der Waals surface area contributed by atoms with Crippen LogP contribution in [0.5, 0.6) is 0 Å². The maximum Gasteiger partial charge on any atom is 0.0544 e. The third kappa shape index (κ3) is 6.35. The number of piperazine rings is 1. The van der Waals surface area contributed by atoms with Gasteiger partial charge in [-0.3, -0.25) is 9.88 Å². The van der Waals surface area contributed by atoms with Crippen molar-refractivity contribution >= 4 is 0 Å². The molecule has 5 heteroatoms. The summed E-state index contributed by atoms with van der Waals surface area (Å²) in [6, 6.07) is 13.8. The number of hydrogen-bond donors (Lipinski definition) is 2. The Morgan fingerprint density at radius 2 is 1.90 bits per heavy atom. The Bertz CT molecular complexity index is 769. The first-order valence-electron chi connectivity index (χ1n) is 11.6. The molecule has 0 spiro atoms. The number of pyridine rings is 1. The fourth-order valence-electron chi connectivity index (χ4n) is 4.61. The van der Waals surface area contributed by atoms with Crippen molar-refractivity contribution in [1.82, 2.24) is 25.4 Å². The first-order valence-corrected chi connectivity index (χ1v) is 11.6. The van der Waals surface area contributed by atoms with Crippen molar-refractivity contribution in [1.29, 1.82) is 0 Å². The van der Waals surface area contributed by atoms with Crippen LogP contribution in [0.1, 0.15) is 35.2 Å². The van der Waals surface area contributed by atoms with Gasteiger partial charge in [0, 0.05) is 58.1 Å². The molecule has 0 saturated carbocycles. The number of aryl methyl sites for hydroxylation is 1. The molecule has 162 valence electrons. The van der Waals surface area contributed by atoms with Crippen LogP contribution in [0.3, 0.4) is 0 Å². The monoisotopic (exact) mass is 407 g/mol. The van der Waals surface area contributed by atoms with Crippen LogP contribution in [0.25, 0.3) is 0 Å². The molecule has 1 saturated heterocycles. The third-order valence-corrected chi connectivity index (χ3v) is 6.48. The number of hydrogen-bond acceptors (Lipinski definition) is 5. The van der Waals surface area contributed by atoms with Gasteiger partial charge in [-0.05, 0) is 62.0 Å². The number of nitrogens with zero attached hydrogens (tertiary/aromatic N) is 3. The Morgan fingerprint density at radius 3 is 2.70 bits per heavy atom. The molecular weight excluding hydrogens is 370 g/mol. The highest BCUT2D eigenvalue weighted by atomic mass is 15.2. The predicted molar refractivity (Wildman–Crippen MR) is 124 cm³/mol. The highest BCUT2D eigenvalue weighted by Gasteiger charge is 2.19. The second-order valence-corrected chi connectivity index (χ2v) is 8.89. The Balaban J connectivity index is 1.30. The largest absolute Gasteiger partial charge is 0.314 e. The quantitative estimate of drug-likeness (QED) is 0.669. The van der Waals surface area contributed by atoms with Gasteiger partial charge in [0.15, 0.2) is 0 Å². The second-order valence-electron chi connectivity index (χ2n) is 8.89. The molecule has 0 bridgehead atoms. The van der Waals surface area contributed by atoms with Gasteiger partial charge in [-0.2, -0.15) is 0 Å². The summed E-state index contributed by atoms with van der Waals surface area (Å²) in [6.07, 6.45) is 5.56. The molecule has 1 atom stereocenters. The summed E-state index contributed by atoms with van der Waals surface area (Å²) in [4.78, 5) is 9.87. The van der Waals surface area contributed by atoms with Gasteiger partial charge in [-0.25, -0.2) is 0 Å². The summed E-state index contributed by atoms with van der Waals surface area (Å²) in [5.41, 5.74) is 5.40. The molecule has 4 rings (SSSR count). The SMILES string of the molecule is Cc1ccc(CN(CCCN2CCNCC2)CC[C@H]2Cc3ccccc3CN2)nc1. The lowest BCUT2D eigenvalue weighted by Crippen LogP contribution is -2.44. The van der Waals surface area contributed by atoms with Gasteiger partial charge in [0.2, 0.25) is 0 Å². The smallest absolute Gasteiger partial charge is 0.0544 e. The Hall–Kier alpha value is -1.79. The van der Waals surface area contributed by atoms with E-state index in [0.29, 0.717) is 6.04 Å². The molecular formula is C25H37N5. The maximum absolute atomic E-state index is 4.66. The van der Waals surface area contributed by atoms with E-state index in [1.807, 2.05) is 6.20 Å². The van der Waals surface area contributed by atoms with Crippen LogP contribution in [0.2, 0.25) is 0 Å². The molecule has 30 heavy (non-hydrogen) atoms. The minimum Gasteiger partial charge on any atom is -0.314 e. The molecule has 3 heterocycles. The Morgan fingerprint density at radius 1 is 1.07 bits per heavy atom. The van der Waals surface area contributed by atoms with Crippen molar-refractivity contribution in [2.24, 2.45) is 0 Å². The summed E-state index contributed by atoms with van der Waals surface area (Å²) in [5.74, 6) is 0. The van der Waals surface area contributed by atoms with Gasteiger partial charge in [0.1, 0.15) is 0 Å². The van der Waals surface area contributed by atoms with E-state index >= 15 is 0 Å². The average Bonchev–Trinajstić information content (AvgIpc) is 2.79. The highest BCUT2D eigenvalue weighted by molar-refractivity contribution is 5.29. The molecule has 1 fully saturated rings. The molecule has 0 radical (unpaired) electrons. The summed E-state index contributed by atoms with van der Waals surface area (Å²) < 4.78 is 0. The van der Waals surface area contributed by atoms with E-state index in [0.717, 1.165) is 45.7 Å². The minimum atomic E-state index is 0.571. The topological polar surface area (TPSA) is 43.4 Å². The van der Waals surface area contributed by atoms with Gasteiger partial charge in [-0.1, -0.05) is 30.3 Å². The van der Waals surface area contributed by atoms with Crippen LogP contribution in [0.15, 0.2) is 42.6 Å². The van der Waals surface area contributed by atoms with Gasteiger partial charge < -0.3 is 15.5 Å². The number of fused-ring (bicyclic) bond motifs is 1. The molecule has 0 amide bonds. The van der Waals surface area contributed by atoms with E-state index in [9.17, 15) is 0 Å². The van der Waals surface area contributed by atoms with E-state index in [1.54, 1.807) is 0 Å². The van der Waals surface area contributed by atoms with Crippen molar-refractivity contribution in [2.45, 2.75) is 45.3 Å². The highest BCUT2D eigenvalue weighted by Crippen LogP contribution is 2.18. The van der Waals surface area contributed by atoms with Crippen LogP contribution in [0, 0.1) is 6.92 Å². The van der Waals surface area contributed by atoms with E-state index in [2.05, 4.69) is 68.7 Å². The van der Waals surface area contributed by atoms with Gasteiger partial charge in [-0.15, -0.1) is 0 Å². The normalized spacial score (nSPS) is 19.7. The lowest BCUT2D eigenvalue weighted by Gasteiger charge is -2.30. The first kappa shape index (κ1) is 21.4. The Kier molecular flexibility index (Phi) is 7.87. The molecule has 0 aliphatic carbocycles. The second kappa shape index (κ2) is 11.0. The first-order chi connectivity index (χ1) is 14.8. The standard InChI is InChI=1S/C25H37N5/c1-21-7-8-25(27-18-21)20-30(13-4-12-29-15-10-26-11-16-29)14-9-24-17-22-5-2-3-6-23(22)19-28-24/h2-3,5-8,18,24,26,28H,4,9-17,19-20H2,1H3/t24-/m0/s1. The molecule has 5 nitrogen and oxygen atoms in total. The number of benzene rings is 1. The van der Waals surface area contributed by atoms with Crippen LogP contribution in [0.4, 0.5) is 0 Å². The lowest BCUT2D eigenvalue weighted by atomic mass is 9.94. The zero-order valence-corrected chi connectivity index (χ0v) is 18.4. The zero-order valence-electron chi connectivity index (χ0n) is 18.4.